The number of benzene rings is 2. The molecule has 2 aromatic carbocycles. The molecule has 0 saturated carbocycles. The predicted octanol–water partition coefficient (Wildman–Crippen LogP) is 2.79. The van der Waals surface area contributed by atoms with Crippen molar-refractivity contribution in [1.82, 2.24) is 0 Å². The van der Waals surface area contributed by atoms with Crippen molar-refractivity contribution in [3.63, 3.8) is 0 Å². The lowest BCUT2D eigenvalue weighted by molar-refractivity contribution is 0.215. The minimum Gasteiger partial charge on any atom is -0.497 e. The normalized spacial score (nSPS) is 10.3. The Hall–Kier alpha value is -2.27. The molecule has 0 aliphatic carbocycles. The van der Waals surface area contributed by atoms with Crippen LogP contribution in [0.25, 0.3) is 0 Å². The molecule has 0 spiro atoms. The molecular weight excluding hydrogens is 285 g/mol. The van der Waals surface area contributed by atoms with Gasteiger partial charge in [-0.15, -0.1) is 0 Å². The van der Waals surface area contributed by atoms with Crippen molar-refractivity contribution < 1.29 is 18.6 Å². The quantitative estimate of drug-likeness (QED) is 0.762. The summed E-state index contributed by atoms with van der Waals surface area (Å²) in [7, 11) is 1.61. The molecular formula is C17H20FNO3. The molecule has 0 aliphatic heterocycles. The van der Waals surface area contributed by atoms with Gasteiger partial charge in [-0.05, 0) is 48.9 Å². The average molecular weight is 305 g/mol. The summed E-state index contributed by atoms with van der Waals surface area (Å²) in [5, 5.41) is 0. The third kappa shape index (κ3) is 4.63. The van der Waals surface area contributed by atoms with E-state index in [9.17, 15) is 4.39 Å². The molecule has 0 bridgehead atoms. The molecule has 0 radical (unpaired) electrons. The van der Waals surface area contributed by atoms with E-state index in [-0.39, 0.29) is 5.82 Å². The molecule has 2 rings (SSSR count). The number of nitrogens with two attached hydrogens (primary N) is 1. The van der Waals surface area contributed by atoms with Gasteiger partial charge in [0.1, 0.15) is 36.3 Å². The zero-order chi connectivity index (χ0) is 15.8. The smallest absolute Gasteiger partial charge is 0.126 e. The van der Waals surface area contributed by atoms with Crippen molar-refractivity contribution in [3.8, 4) is 17.2 Å². The average Bonchev–Trinajstić information content (AvgIpc) is 2.54. The van der Waals surface area contributed by atoms with Crippen LogP contribution in [0.5, 0.6) is 17.2 Å². The highest BCUT2D eigenvalue weighted by molar-refractivity contribution is 5.41. The standard InChI is InChI=1S/C17H20FNO3/c1-20-16-5-2-13(8-9-19)17(12-16)22-11-10-21-15-6-3-14(18)4-7-15/h2-7,12H,8-11,19H2,1H3. The van der Waals surface area contributed by atoms with E-state index in [0.717, 1.165) is 23.5 Å². The Bertz CT molecular complexity index is 587. The fourth-order valence-corrected chi connectivity index (χ4v) is 2.00. The zero-order valence-electron chi connectivity index (χ0n) is 12.5. The predicted molar refractivity (Wildman–Crippen MR) is 83.1 cm³/mol. The third-order valence-corrected chi connectivity index (χ3v) is 3.11. The number of rotatable bonds is 8. The number of hydrogen-bond acceptors (Lipinski definition) is 4. The maximum Gasteiger partial charge on any atom is 0.126 e. The van der Waals surface area contributed by atoms with E-state index in [0.29, 0.717) is 25.5 Å². The van der Waals surface area contributed by atoms with E-state index < -0.39 is 0 Å². The second-order valence-corrected chi connectivity index (χ2v) is 4.66. The Morgan fingerprint density at radius 1 is 0.955 bits per heavy atom. The summed E-state index contributed by atoms with van der Waals surface area (Å²) >= 11 is 0. The van der Waals surface area contributed by atoms with Crippen LogP contribution < -0.4 is 19.9 Å². The summed E-state index contributed by atoms with van der Waals surface area (Å²) in [5.74, 6) is 1.80. The zero-order valence-corrected chi connectivity index (χ0v) is 12.5. The van der Waals surface area contributed by atoms with Crippen LogP contribution in [0.1, 0.15) is 5.56 Å². The molecule has 2 N–H and O–H groups in total. The van der Waals surface area contributed by atoms with Crippen molar-refractivity contribution in [2.45, 2.75) is 6.42 Å². The monoisotopic (exact) mass is 305 g/mol. The van der Waals surface area contributed by atoms with Crippen LogP contribution in [-0.4, -0.2) is 26.9 Å². The molecule has 0 atom stereocenters. The molecule has 2 aromatic rings. The molecule has 22 heavy (non-hydrogen) atoms. The van der Waals surface area contributed by atoms with Crippen molar-refractivity contribution in [2.75, 3.05) is 26.9 Å². The minimum atomic E-state index is -0.286. The highest BCUT2D eigenvalue weighted by atomic mass is 19.1. The van der Waals surface area contributed by atoms with Crippen LogP contribution in [0.3, 0.4) is 0 Å². The molecule has 0 heterocycles. The molecule has 0 aliphatic rings. The summed E-state index contributed by atoms with van der Waals surface area (Å²) in [5.41, 5.74) is 6.63. The van der Waals surface area contributed by atoms with E-state index in [1.54, 1.807) is 19.2 Å². The van der Waals surface area contributed by atoms with E-state index in [4.69, 9.17) is 19.9 Å². The first-order valence-corrected chi connectivity index (χ1v) is 7.11. The van der Waals surface area contributed by atoms with Gasteiger partial charge in [0.2, 0.25) is 0 Å². The van der Waals surface area contributed by atoms with Crippen LogP contribution in [0.15, 0.2) is 42.5 Å². The molecule has 0 saturated heterocycles. The lowest BCUT2D eigenvalue weighted by atomic mass is 10.1. The summed E-state index contributed by atoms with van der Waals surface area (Å²) < 4.78 is 29.2. The molecule has 5 heteroatoms. The van der Waals surface area contributed by atoms with Crippen molar-refractivity contribution >= 4 is 0 Å². The van der Waals surface area contributed by atoms with Crippen LogP contribution >= 0.6 is 0 Å². The lowest BCUT2D eigenvalue weighted by Gasteiger charge is -2.13. The molecule has 0 unspecified atom stereocenters. The van der Waals surface area contributed by atoms with E-state index in [2.05, 4.69) is 0 Å². The molecule has 118 valence electrons. The van der Waals surface area contributed by atoms with Gasteiger partial charge >= 0.3 is 0 Å². The SMILES string of the molecule is COc1ccc(CCN)c(OCCOc2ccc(F)cc2)c1. The van der Waals surface area contributed by atoms with E-state index in [1.807, 2.05) is 18.2 Å². The van der Waals surface area contributed by atoms with Crippen LogP contribution in [0, 0.1) is 5.82 Å². The minimum absolute atomic E-state index is 0.286. The maximum absolute atomic E-state index is 12.8. The van der Waals surface area contributed by atoms with Crippen LogP contribution in [0.4, 0.5) is 4.39 Å². The van der Waals surface area contributed by atoms with Gasteiger partial charge in [0, 0.05) is 6.07 Å². The second kappa shape index (κ2) is 8.24. The Morgan fingerprint density at radius 3 is 2.32 bits per heavy atom. The lowest BCUT2D eigenvalue weighted by Crippen LogP contribution is -2.11. The largest absolute Gasteiger partial charge is 0.497 e. The summed E-state index contributed by atoms with van der Waals surface area (Å²) in [6, 6.07) is 11.5. The van der Waals surface area contributed by atoms with Crippen molar-refractivity contribution in [3.05, 3.63) is 53.8 Å². The highest BCUT2D eigenvalue weighted by Crippen LogP contribution is 2.25. The first kappa shape index (κ1) is 16.1. The number of halogens is 1. The molecule has 0 aromatic heterocycles. The van der Waals surface area contributed by atoms with Gasteiger partial charge < -0.3 is 19.9 Å². The second-order valence-electron chi connectivity index (χ2n) is 4.66. The van der Waals surface area contributed by atoms with E-state index >= 15 is 0 Å². The van der Waals surface area contributed by atoms with Gasteiger partial charge in [0.05, 0.1) is 7.11 Å². The van der Waals surface area contributed by atoms with Crippen LogP contribution in [0.2, 0.25) is 0 Å². The van der Waals surface area contributed by atoms with Gasteiger partial charge in [0.25, 0.3) is 0 Å². The molecule has 4 nitrogen and oxygen atoms in total. The molecule has 0 fully saturated rings. The van der Waals surface area contributed by atoms with Gasteiger partial charge in [-0.25, -0.2) is 4.39 Å². The fraction of sp³-hybridized carbons (Fsp3) is 0.294. The first-order valence-electron chi connectivity index (χ1n) is 7.11. The Labute approximate surface area is 129 Å². The summed E-state index contributed by atoms with van der Waals surface area (Å²) in [6.45, 7) is 1.29. The van der Waals surface area contributed by atoms with Gasteiger partial charge in [0.15, 0.2) is 0 Å². The van der Waals surface area contributed by atoms with Gasteiger partial charge in [-0.1, -0.05) is 6.07 Å². The Balaban J connectivity index is 1.88. The maximum atomic E-state index is 12.8. The number of ether oxygens (including phenoxy) is 3. The van der Waals surface area contributed by atoms with E-state index in [1.165, 1.54) is 12.1 Å². The van der Waals surface area contributed by atoms with Gasteiger partial charge in [-0.3, -0.25) is 0 Å². The van der Waals surface area contributed by atoms with Crippen molar-refractivity contribution in [2.24, 2.45) is 5.73 Å². The topological polar surface area (TPSA) is 53.7 Å². The Kier molecular flexibility index (Phi) is 6.03. The Morgan fingerprint density at radius 2 is 1.64 bits per heavy atom. The first-order chi connectivity index (χ1) is 10.7. The van der Waals surface area contributed by atoms with Crippen LogP contribution in [-0.2, 0) is 6.42 Å². The van der Waals surface area contributed by atoms with Crippen molar-refractivity contribution in [1.29, 1.82) is 0 Å². The summed E-state index contributed by atoms with van der Waals surface area (Å²) in [6.07, 6.45) is 0.734. The fourth-order valence-electron chi connectivity index (χ4n) is 2.00. The number of methoxy groups -OCH3 is 1. The summed E-state index contributed by atoms with van der Waals surface area (Å²) in [4.78, 5) is 0. The number of hydrogen-bond donors (Lipinski definition) is 1. The van der Waals surface area contributed by atoms with Gasteiger partial charge in [-0.2, -0.15) is 0 Å². The highest BCUT2D eigenvalue weighted by Gasteiger charge is 2.05. The molecule has 0 amide bonds. The third-order valence-electron chi connectivity index (χ3n) is 3.11.